The Balaban J connectivity index is 1.69. The number of carbonyl (C=O) groups excluding carboxylic acids is 2. The molecule has 132 valence electrons. The van der Waals surface area contributed by atoms with Gasteiger partial charge < -0.3 is 14.5 Å². The van der Waals surface area contributed by atoms with E-state index in [0.717, 1.165) is 37.7 Å². The molecule has 1 amide bonds. The molecule has 0 bridgehead atoms. The third kappa shape index (κ3) is 3.16. The lowest BCUT2D eigenvalue weighted by atomic mass is 9.87. The minimum absolute atomic E-state index is 0.153. The van der Waals surface area contributed by atoms with Gasteiger partial charge in [-0.05, 0) is 55.7 Å². The summed E-state index contributed by atoms with van der Waals surface area (Å²) in [5.74, 6) is 0.601. The summed E-state index contributed by atoms with van der Waals surface area (Å²) >= 11 is 1.53. The highest BCUT2D eigenvalue weighted by Crippen LogP contribution is 2.41. The van der Waals surface area contributed by atoms with Crippen LogP contribution in [0.4, 0.5) is 5.00 Å². The number of anilines is 1. The molecule has 5 nitrogen and oxygen atoms in total. The van der Waals surface area contributed by atoms with Crippen molar-refractivity contribution in [2.75, 3.05) is 11.9 Å². The molecule has 2 aliphatic rings. The second-order valence-corrected chi connectivity index (χ2v) is 7.96. The van der Waals surface area contributed by atoms with E-state index in [2.05, 4.69) is 12.2 Å². The van der Waals surface area contributed by atoms with Crippen molar-refractivity contribution in [3.8, 4) is 0 Å². The first-order valence-corrected chi connectivity index (χ1v) is 9.60. The van der Waals surface area contributed by atoms with Crippen molar-refractivity contribution in [3.63, 3.8) is 0 Å². The summed E-state index contributed by atoms with van der Waals surface area (Å²) in [5, 5.41) is 3.60. The van der Waals surface area contributed by atoms with E-state index in [1.807, 2.05) is 0 Å². The summed E-state index contributed by atoms with van der Waals surface area (Å²) in [7, 11) is 0. The van der Waals surface area contributed by atoms with Crippen LogP contribution in [0.2, 0.25) is 0 Å². The minimum atomic E-state index is -0.412. The molecule has 1 fully saturated rings. The summed E-state index contributed by atoms with van der Waals surface area (Å²) in [6.45, 7) is 2.84. The first-order valence-electron chi connectivity index (χ1n) is 8.78. The van der Waals surface area contributed by atoms with E-state index in [1.54, 1.807) is 12.1 Å². The second kappa shape index (κ2) is 6.77. The number of ketones is 1. The lowest BCUT2D eigenvalue weighted by Crippen LogP contribution is -2.27. The Bertz CT molecular complexity index is 787. The van der Waals surface area contributed by atoms with Gasteiger partial charge in [-0.25, -0.2) is 0 Å². The zero-order valence-corrected chi connectivity index (χ0v) is 15.0. The number of thiophene rings is 1. The monoisotopic (exact) mass is 359 g/mol. The molecule has 2 unspecified atom stereocenters. The first kappa shape index (κ1) is 16.5. The molecule has 25 heavy (non-hydrogen) atoms. The van der Waals surface area contributed by atoms with E-state index >= 15 is 0 Å². The van der Waals surface area contributed by atoms with Gasteiger partial charge in [0.15, 0.2) is 5.76 Å². The van der Waals surface area contributed by atoms with Crippen LogP contribution in [0, 0.1) is 5.92 Å². The molecule has 2 aromatic rings. The maximum Gasteiger partial charge on any atom is 0.254 e. The number of fused-ring (bicyclic) bond motifs is 1. The number of carbonyl (C=O) groups is 2. The number of furan rings is 1. The molecule has 0 saturated carbocycles. The van der Waals surface area contributed by atoms with E-state index in [1.165, 1.54) is 22.5 Å². The zero-order valence-electron chi connectivity index (χ0n) is 14.2. The van der Waals surface area contributed by atoms with E-state index in [-0.39, 0.29) is 11.7 Å². The van der Waals surface area contributed by atoms with Crippen molar-refractivity contribution in [2.24, 2.45) is 5.92 Å². The molecule has 2 aromatic heterocycles. The van der Waals surface area contributed by atoms with Crippen molar-refractivity contribution >= 4 is 28.0 Å². The number of hydrogen-bond donors (Lipinski definition) is 1. The quantitative estimate of drug-likeness (QED) is 0.843. The summed E-state index contributed by atoms with van der Waals surface area (Å²) < 4.78 is 10.8. The molecular weight excluding hydrogens is 338 g/mol. The smallest absolute Gasteiger partial charge is 0.254 e. The van der Waals surface area contributed by atoms with Gasteiger partial charge in [-0.15, -0.1) is 11.3 Å². The summed E-state index contributed by atoms with van der Waals surface area (Å²) in [5.41, 5.74) is 1.68. The molecule has 1 saturated heterocycles. The van der Waals surface area contributed by atoms with Crippen molar-refractivity contribution in [2.45, 2.75) is 45.1 Å². The fourth-order valence-electron chi connectivity index (χ4n) is 3.59. The Hall–Kier alpha value is -1.92. The largest absolute Gasteiger partial charge is 0.461 e. The van der Waals surface area contributed by atoms with Gasteiger partial charge in [-0.2, -0.15) is 0 Å². The summed E-state index contributed by atoms with van der Waals surface area (Å²) in [6, 6.07) is 3.38. The highest BCUT2D eigenvalue weighted by Gasteiger charge is 2.31. The van der Waals surface area contributed by atoms with Gasteiger partial charge >= 0.3 is 0 Å². The van der Waals surface area contributed by atoms with Crippen LogP contribution >= 0.6 is 11.3 Å². The number of ether oxygens (including phenoxy) is 1. The van der Waals surface area contributed by atoms with E-state index in [9.17, 15) is 9.59 Å². The average Bonchev–Trinajstić information content (AvgIpc) is 3.34. The SMILES string of the molecule is CC1CCc2c(sc(NC(=O)C3CCCO3)c2C(=O)c2ccco2)C1. The minimum Gasteiger partial charge on any atom is -0.461 e. The van der Waals surface area contributed by atoms with E-state index in [0.29, 0.717) is 28.8 Å². The molecule has 4 rings (SSSR count). The topological polar surface area (TPSA) is 68.5 Å². The average molecular weight is 359 g/mol. The van der Waals surface area contributed by atoms with Crippen LogP contribution < -0.4 is 5.32 Å². The molecule has 2 atom stereocenters. The van der Waals surface area contributed by atoms with Gasteiger partial charge in [0.25, 0.3) is 5.91 Å². The van der Waals surface area contributed by atoms with Crippen molar-refractivity contribution in [3.05, 3.63) is 40.2 Å². The molecule has 0 radical (unpaired) electrons. The Labute approximate surface area is 150 Å². The Morgan fingerprint density at radius 3 is 2.92 bits per heavy atom. The molecular formula is C19H21NO4S. The lowest BCUT2D eigenvalue weighted by molar-refractivity contribution is -0.124. The molecule has 1 aliphatic heterocycles. The van der Waals surface area contributed by atoms with Crippen molar-refractivity contribution in [1.82, 2.24) is 0 Å². The van der Waals surface area contributed by atoms with Gasteiger partial charge in [-0.3, -0.25) is 9.59 Å². The molecule has 0 aromatic carbocycles. The fourth-order valence-corrected chi connectivity index (χ4v) is 5.00. The predicted molar refractivity (Wildman–Crippen MR) is 95.3 cm³/mol. The molecule has 1 N–H and O–H groups in total. The highest BCUT2D eigenvalue weighted by atomic mass is 32.1. The summed E-state index contributed by atoms with van der Waals surface area (Å²) in [6.07, 6.45) is 5.59. The van der Waals surface area contributed by atoms with Gasteiger partial charge in [0.05, 0.1) is 11.8 Å². The highest BCUT2D eigenvalue weighted by molar-refractivity contribution is 7.17. The summed E-state index contributed by atoms with van der Waals surface area (Å²) in [4.78, 5) is 26.7. The number of hydrogen-bond acceptors (Lipinski definition) is 5. The normalized spacial score (nSPS) is 22.6. The molecule has 1 aliphatic carbocycles. The van der Waals surface area contributed by atoms with Crippen molar-refractivity contribution < 1.29 is 18.7 Å². The maximum atomic E-state index is 13.0. The van der Waals surface area contributed by atoms with Gasteiger partial charge in [0.2, 0.25) is 5.78 Å². The third-order valence-electron chi connectivity index (χ3n) is 4.94. The van der Waals surface area contributed by atoms with Crippen LogP contribution in [0.5, 0.6) is 0 Å². The van der Waals surface area contributed by atoms with E-state index in [4.69, 9.17) is 9.15 Å². The number of rotatable bonds is 4. The predicted octanol–water partition coefficient (Wildman–Crippen LogP) is 3.81. The van der Waals surface area contributed by atoms with Crippen LogP contribution in [0.3, 0.4) is 0 Å². The molecule has 0 spiro atoms. The third-order valence-corrected chi connectivity index (χ3v) is 6.11. The molecule has 6 heteroatoms. The lowest BCUT2D eigenvalue weighted by Gasteiger charge is -2.18. The Morgan fingerprint density at radius 2 is 2.20 bits per heavy atom. The van der Waals surface area contributed by atoms with Crippen LogP contribution in [0.25, 0.3) is 0 Å². The fraction of sp³-hybridized carbons (Fsp3) is 0.474. The van der Waals surface area contributed by atoms with Gasteiger partial charge in [-0.1, -0.05) is 6.92 Å². The van der Waals surface area contributed by atoms with Crippen molar-refractivity contribution in [1.29, 1.82) is 0 Å². The first-order chi connectivity index (χ1) is 12.1. The van der Waals surface area contributed by atoms with Crippen LogP contribution in [-0.4, -0.2) is 24.4 Å². The molecule has 3 heterocycles. The number of amides is 1. The Kier molecular flexibility index (Phi) is 4.48. The second-order valence-electron chi connectivity index (χ2n) is 6.85. The van der Waals surface area contributed by atoms with Crippen LogP contribution in [-0.2, 0) is 22.4 Å². The standard InChI is InChI=1S/C19H21NO4S/c1-11-6-7-12-15(10-11)25-19(20-18(22)14-5-3-9-24-14)16(12)17(21)13-4-2-8-23-13/h2,4,8,11,14H,3,5-7,9-10H2,1H3,(H,20,22). The van der Waals surface area contributed by atoms with Gasteiger partial charge in [0.1, 0.15) is 11.1 Å². The van der Waals surface area contributed by atoms with Crippen LogP contribution in [0.15, 0.2) is 22.8 Å². The Morgan fingerprint density at radius 1 is 1.32 bits per heavy atom. The zero-order chi connectivity index (χ0) is 17.4. The van der Waals surface area contributed by atoms with Crippen LogP contribution in [0.1, 0.15) is 52.7 Å². The van der Waals surface area contributed by atoms with E-state index < -0.39 is 6.10 Å². The maximum absolute atomic E-state index is 13.0. The van der Waals surface area contributed by atoms with Gasteiger partial charge in [0, 0.05) is 11.5 Å². The number of nitrogens with one attached hydrogen (secondary N) is 1.